The molecule has 6 heteroatoms. The summed E-state index contributed by atoms with van der Waals surface area (Å²) in [4.78, 5) is 26.6. The zero-order valence-electron chi connectivity index (χ0n) is 17.0. The normalized spacial score (nSPS) is 13.7. The van der Waals surface area contributed by atoms with Crippen molar-refractivity contribution in [1.82, 2.24) is 5.01 Å². The lowest BCUT2D eigenvalue weighted by Crippen LogP contribution is -2.36. The van der Waals surface area contributed by atoms with Crippen molar-refractivity contribution in [3.05, 3.63) is 106 Å². The van der Waals surface area contributed by atoms with Crippen molar-refractivity contribution in [1.29, 1.82) is 0 Å². The van der Waals surface area contributed by atoms with E-state index in [9.17, 15) is 9.59 Å². The third-order valence-corrected chi connectivity index (χ3v) is 6.65. The van der Waals surface area contributed by atoms with Crippen molar-refractivity contribution in [2.24, 2.45) is 5.10 Å². The summed E-state index contributed by atoms with van der Waals surface area (Å²) in [5, 5.41) is 11.1. The predicted molar refractivity (Wildman–Crippen MR) is 134 cm³/mol. The van der Waals surface area contributed by atoms with Gasteiger partial charge in [0.1, 0.15) is 0 Å². The first kappa shape index (κ1) is 19.9. The highest BCUT2D eigenvalue weighted by molar-refractivity contribution is 6.44. The average molecular weight is 469 g/mol. The topological polar surface area (TPSA) is 49.7 Å². The molecule has 0 saturated carbocycles. The van der Waals surface area contributed by atoms with Crippen molar-refractivity contribution in [3.8, 4) is 0 Å². The lowest BCUT2D eigenvalue weighted by atomic mass is 9.95. The van der Waals surface area contributed by atoms with Crippen LogP contribution < -0.4 is 0 Å². The van der Waals surface area contributed by atoms with Crippen LogP contribution in [0.1, 0.15) is 26.3 Å². The SMILES string of the molecule is O=C1c2ccc(Cl)c3c(Cl)ccc(c23)C(=O)N1/N=C/c1c2ccccc2cc2ccccc12. The van der Waals surface area contributed by atoms with Gasteiger partial charge >= 0.3 is 0 Å². The second kappa shape index (κ2) is 7.41. The molecule has 158 valence electrons. The number of amides is 2. The summed E-state index contributed by atoms with van der Waals surface area (Å²) in [7, 11) is 0. The quantitative estimate of drug-likeness (QED) is 0.158. The summed E-state index contributed by atoms with van der Waals surface area (Å²) >= 11 is 12.6. The van der Waals surface area contributed by atoms with Crippen molar-refractivity contribution in [2.45, 2.75) is 0 Å². The molecule has 0 spiro atoms. The van der Waals surface area contributed by atoms with Crippen LogP contribution in [0.4, 0.5) is 0 Å². The molecule has 0 bridgehead atoms. The lowest BCUT2D eigenvalue weighted by molar-refractivity contribution is 0.0616. The number of nitrogens with zero attached hydrogens (tertiary/aromatic N) is 2. The fraction of sp³-hybridized carbons (Fsp3) is 0. The van der Waals surface area contributed by atoms with E-state index in [1.807, 2.05) is 48.5 Å². The number of imide groups is 1. The highest BCUT2D eigenvalue weighted by atomic mass is 35.5. The zero-order valence-corrected chi connectivity index (χ0v) is 18.6. The summed E-state index contributed by atoms with van der Waals surface area (Å²) in [6.45, 7) is 0. The van der Waals surface area contributed by atoms with Gasteiger partial charge in [-0.05, 0) is 51.9 Å². The van der Waals surface area contributed by atoms with Gasteiger partial charge in [0.25, 0.3) is 11.8 Å². The Morgan fingerprint density at radius 2 is 1.18 bits per heavy atom. The predicted octanol–water partition coefficient (Wildman–Crippen LogP) is 7.08. The van der Waals surface area contributed by atoms with Crippen molar-refractivity contribution in [3.63, 3.8) is 0 Å². The Morgan fingerprint density at radius 1 is 0.667 bits per heavy atom. The lowest BCUT2D eigenvalue weighted by Gasteiger charge is -2.24. The fourth-order valence-corrected chi connectivity index (χ4v) is 5.07. The monoisotopic (exact) mass is 468 g/mol. The van der Waals surface area contributed by atoms with Gasteiger partial charge in [-0.15, -0.1) is 0 Å². The molecule has 0 fully saturated rings. The minimum Gasteiger partial charge on any atom is -0.267 e. The molecule has 6 rings (SSSR count). The second-order valence-corrected chi connectivity index (χ2v) is 8.65. The van der Waals surface area contributed by atoms with Crippen LogP contribution in [0.5, 0.6) is 0 Å². The molecular formula is C27H14Cl2N2O2. The molecular weight excluding hydrogens is 455 g/mol. The molecule has 1 aliphatic heterocycles. The molecule has 0 aliphatic carbocycles. The Labute approximate surface area is 198 Å². The highest BCUT2D eigenvalue weighted by Gasteiger charge is 2.34. The van der Waals surface area contributed by atoms with E-state index in [1.165, 1.54) is 0 Å². The molecule has 5 aromatic carbocycles. The zero-order chi connectivity index (χ0) is 22.7. The van der Waals surface area contributed by atoms with Crippen LogP contribution in [0, 0.1) is 0 Å². The van der Waals surface area contributed by atoms with Gasteiger partial charge in [-0.2, -0.15) is 10.1 Å². The standard InChI is InChI=1S/C27H14Cl2N2O2/c28-22-11-9-19-24-20(10-12-23(29)25(22)24)27(33)31(26(19)32)30-14-21-17-7-3-1-5-15(17)13-16-6-2-4-8-18(16)21/h1-14H/b30-14+. The first-order valence-corrected chi connectivity index (χ1v) is 11.0. The van der Waals surface area contributed by atoms with Crippen molar-refractivity contribution >= 4 is 73.5 Å². The van der Waals surface area contributed by atoms with Gasteiger partial charge in [-0.25, -0.2) is 0 Å². The first-order valence-electron chi connectivity index (χ1n) is 10.3. The Hall–Kier alpha value is -3.73. The number of rotatable bonds is 2. The van der Waals surface area contributed by atoms with E-state index in [2.05, 4.69) is 11.2 Å². The third kappa shape index (κ3) is 2.95. The molecule has 2 amide bonds. The number of carbonyl (C=O) groups is 2. The van der Waals surface area contributed by atoms with E-state index in [0.717, 1.165) is 32.1 Å². The van der Waals surface area contributed by atoms with Crippen molar-refractivity contribution < 1.29 is 9.59 Å². The van der Waals surface area contributed by atoms with E-state index in [0.29, 0.717) is 31.9 Å². The number of halogens is 2. The van der Waals surface area contributed by atoms with E-state index in [1.54, 1.807) is 30.5 Å². The molecule has 0 aromatic heterocycles. The molecule has 0 radical (unpaired) electrons. The van der Waals surface area contributed by atoms with Crippen LogP contribution in [0.15, 0.2) is 84.0 Å². The van der Waals surface area contributed by atoms with E-state index in [4.69, 9.17) is 23.2 Å². The molecule has 0 N–H and O–H groups in total. The smallest absolute Gasteiger partial charge is 0.267 e. The minimum atomic E-state index is -0.516. The second-order valence-electron chi connectivity index (χ2n) is 7.84. The van der Waals surface area contributed by atoms with Crippen LogP contribution in [-0.2, 0) is 0 Å². The van der Waals surface area contributed by atoms with Crippen molar-refractivity contribution in [2.75, 3.05) is 0 Å². The highest BCUT2D eigenvalue weighted by Crippen LogP contribution is 2.38. The summed E-state index contributed by atoms with van der Waals surface area (Å²) in [5.74, 6) is -1.03. The van der Waals surface area contributed by atoms with Gasteiger partial charge in [0, 0.05) is 26.4 Å². The van der Waals surface area contributed by atoms with Gasteiger partial charge in [0.15, 0.2) is 0 Å². The van der Waals surface area contributed by atoms with Gasteiger partial charge in [0.05, 0.1) is 17.3 Å². The van der Waals surface area contributed by atoms with Crippen LogP contribution in [0.3, 0.4) is 0 Å². The molecule has 5 aromatic rings. The Balaban J connectivity index is 1.54. The van der Waals surface area contributed by atoms with E-state index < -0.39 is 11.8 Å². The molecule has 4 nitrogen and oxygen atoms in total. The van der Waals surface area contributed by atoms with Crippen LogP contribution in [-0.4, -0.2) is 23.0 Å². The number of carbonyl (C=O) groups excluding carboxylic acids is 2. The van der Waals surface area contributed by atoms with Gasteiger partial charge in [-0.1, -0.05) is 71.7 Å². The first-order chi connectivity index (χ1) is 16.0. The van der Waals surface area contributed by atoms with Gasteiger partial charge in [-0.3, -0.25) is 9.59 Å². The molecule has 1 aliphatic rings. The third-order valence-electron chi connectivity index (χ3n) is 6.02. The summed E-state index contributed by atoms with van der Waals surface area (Å²) < 4.78 is 0. The van der Waals surface area contributed by atoms with Crippen LogP contribution in [0.25, 0.3) is 32.3 Å². The summed E-state index contributed by atoms with van der Waals surface area (Å²) in [6, 6.07) is 24.5. The number of hydrogen-bond donors (Lipinski definition) is 0. The average Bonchev–Trinajstić information content (AvgIpc) is 2.83. The van der Waals surface area contributed by atoms with Crippen LogP contribution >= 0.6 is 23.2 Å². The summed E-state index contributed by atoms with van der Waals surface area (Å²) in [5.41, 5.74) is 1.52. The maximum Gasteiger partial charge on any atom is 0.282 e. The Kier molecular flexibility index (Phi) is 4.47. The van der Waals surface area contributed by atoms with Crippen LogP contribution in [0.2, 0.25) is 10.0 Å². The number of benzene rings is 5. The number of fused-ring (bicyclic) bond motifs is 2. The molecule has 0 atom stereocenters. The summed E-state index contributed by atoms with van der Waals surface area (Å²) in [6.07, 6.45) is 1.59. The largest absolute Gasteiger partial charge is 0.282 e. The maximum absolute atomic E-state index is 13.3. The molecule has 33 heavy (non-hydrogen) atoms. The minimum absolute atomic E-state index is 0.339. The molecule has 0 unspecified atom stereocenters. The van der Waals surface area contributed by atoms with Gasteiger partial charge in [0.2, 0.25) is 0 Å². The fourth-order valence-electron chi connectivity index (χ4n) is 4.50. The van der Waals surface area contributed by atoms with E-state index in [-0.39, 0.29) is 0 Å². The molecule has 0 saturated heterocycles. The van der Waals surface area contributed by atoms with Gasteiger partial charge < -0.3 is 0 Å². The van der Waals surface area contributed by atoms with E-state index >= 15 is 0 Å². The Bertz CT molecular complexity index is 1580. The Morgan fingerprint density at radius 3 is 1.73 bits per heavy atom. The number of hydrazone groups is 1. The maximum atomic E-state index is 13.3. The molecule has 1 heterocycles. The number of hydrogen-bond acceptors (Lipinski definition) is 3.